The molecule has 0 bridgehead atoms. The topological polar surface area (TPSA) is 24.9 Å². The van der Waals surface area contributed by atoms with Crippen LogP contribution in [0.15, 0.2) is 10.9 Å². The van der Waals surface area contributed by atoms with Crippen LogP contribution in [0.5, 0.6) is 0 Å². The van der Waals surface area contributed by atoms with E-state index in [2.05, 4.69) is 36.5 Å². The first kappa shape index (κ1) is 15.9. The van der Waals surface area contributed by atoms with Gasteiger partial charge in [0.05, 0.1) is 11.2 Å². The van der Waals surface area contributed by atoms with E-state index >= 15 is 0 Å². The monoisotopic (exact) mass is 262 g/mol. The number of unbranched alkanes of at least 4 members (excludes halogenated alkanes) is 1. The number of nitrogens with zero attached hydrogens (tertiary/aromatic N) is 1. The maximum Gasteiger partial charge on any atom is 0.0795 e. The smallest absolute Gasteiger partial charge is 0.0795 e. The molecule has 1 aromatic rings. The summed E-state index contributed by atoms with van der Waals surface area (Å²) in [7, 11) is 0. The van der Waals surface area contributed by atoms with Gasteiger partial charge in [0.1, 0.15) is 0 Å². The molecular formula is C12H23ClN2S. The average molecular weight is 263 g/mol. The second kappa shape index (κ2) is 8.04. The Hall–Kier alpha value is -0.120. The van der Waals surface area contributed by atoms with E-state index in [1.165, 1.54) is 19.3 Å². The molecule has 0 spiro atoms. The van der Waals surface area contributed by atoms with Crippen LogP contribution in [0.2, 0.25) is 0 Å². The van der Waals surface area contributed by atoms with Gasteiger partial charge in [-0.15, -0.1) is 23.7 Å². The molecule has 0 aliphatic rings. The quantitative estimate of drug-likeness (QED) is 0.788. The number of aromatic nitrogens is 1. The zero-order chi connectivity index (χ0) is 11.1. The van der Waals surface area contributed by atoms with Crippen LogP contribution in [-0.2, 0) is 6.54 Å². The van der Waals surface area contributed by atoms with Gasteiger partial charge in [-0.05, 0) is 24.8 Å². The van der Waals surface area contributed by atoms with E-state index in [-0.39, 0.29) is 12.4 Å². The Labute approximate surface area is 109 Å². The molecule has 0 saturated carbocycles. The van der Waals surface area contributed by atoms with Crippen LogP contribution in [0.25, 0.3) is 0 Å². The van der Waals surface area contributed by atoms with Gasteiger partial charge in [-0.25, -0.2) is 4.98 Å². The van der Waals surface area contributed by atoms with Gasteiger partial charge in [0.2, 0.25) is 0 Å². The predicted octanol–water partition coefficient (Wildman–Crippen LogP) is 3.87. The SMILES string of the molecule is CC(C)(C)CCCCNCc1cscn1.Cl. The van der Waals surface area contributed by atoms with Crippen molar-refractivity contribution in [3.05, 3.63) is 16.6 Å². The molecule has 1 N–H and O–H groups in total. The summed E-state index contributed by atoms with van der Waals surface area (Å²) >= 11 is 1.66. The van der Waals surface area contributed by atoms with Gasteiger partial charge in [-0.2, -0.15) is 0 Å². The van der Waals surface area contributed by atoms with Gasteiger partial charge in [0, 0.05) is 11.9 Å². The highest BCUT2D eigenvalue weighted by atomic mass is 35.5. The number of halogens is 1. The number of hydrogen-bond acceptors (Lipinski definition) is 3. The second-order valence-corrected chi connectivity index (χ2v) is 5.89. The molecule has 2 nitrogen and oxygen atoms in total. The maximum atomic E-state index is 4.23. The fourth-order valence-corrected chi connectivity index (χ4v) is 2.01. The zero-order valence-electron chi connectivity index (χ0n) is 10.5. The lowest BCUT2D eigenvalue weighted by atomic mass is 9.90. The summed E-state index contributed by atoms with van der Waals surface area (Å²) in [6, 6.07) is 0. The molecule has 1 rings (SSSR count). The highest BCUT2D eigenvalue weighted by Gasteiger charge is 2.08. The third kappa shape index (κ3) is 8.08. The third-order valence-electron chi connectivity index (χ3n) is 2.32. The summed E-state index contributed by atoms with van der Waals surface area (Å²) in [6.45, 7) is 8.92. The van der Waals surface area contributed by atoms with Crippen molar-refractivity contribution in [3.63, 3.8) is 0 Å². The Morgan fingerprint density at radius 3 is 2.62 bits per heavy atom. The summed E-state index contributed by atoms with van der Waals surface area (Å²) in [5.74, 6) is 0. The van der Waals surface area contributed by atoms with E-state index in [9.17, 15) is 0 Å². The number of thiazole rings is 1. The van der Waals surface area contributed by atoms with Crippen molar-refractivity contribution in [2.75, 3.05) is 6.54 Å². The Bertz CT molecular complexity index is 254. The molecule has 16 heavy (non-hydrogen) atoms. The van der Waals surface area contributed by atoms with E-state index in [0.717, 1.165) is 18.8 Å². The number of hydrogen-bond donors (Lipinski definition) is 1. The summed E-state index contributed by atoms with van der Waals surface area (Å²) in [6.07, 6.45) is 3.89. The summed E-state index contributed by atoms with van der Waals surface area (Å²) in [4.78, 5) is 4.23. The van der Waals surface area contributed by atoms with Gasteiger partial charge < -0.3 is 5.32 Å². The zero-order valence-corrected chi connectivity index (χ0v) is 12.1. The molecule has 0 fully saturated rings. The summed E-state index contributed by atoms with van der Waals surface area (Å²) in [5.41, 5.74) is 3.53. The normalized spacial score (nSPS) is 11.2. The molecule has 0 radical (unpaired) electrons. The lowest BCUT2D eigenvalue weighted by Gasteiger charge is -2.17. The molecule has 0 aliphatic carbocycles. The molecule has 1 heterocycles. The summed E-state index contributed by atoms with van der Waals surface area (Å²) < 4.78 is 0. The fourth-order valence-electron chi connectivity index (χ4n) is 1.45. The largest absolute Gasteiger partial charge is 0.311 e. The molecule has 0 aromatic carbocycles. The Balaban J connectivity index is 0.00000225. The molecule has 0 aliphatic heterocycles. The van der Waals surface area contributed by atoms with Crippen molar-refractivity contribution in [1.82, 2.24) is 10.3 Å². The van der Waals surface area contributed by atoms with Crippen molar-refractivity contribution in [3.8, 4) is 0 Å². The second-order valence-electron chi connectivity index (χ2n) is 5.17. The first-order valence-corrected chi connectivity index (χ1v) is 6.60. The van der Waals surface area contributed by atoms with Crippen LogP contribution < -0.4 is 5.32 Å². The van der Waals surface area contributed by atoms with Crippen molar-refractivity contribution in [1.29, 1.82) is 0 Å². The minimum Gasteiger partial charge on any atom is -0.311 e. The Morgan fingerprint density at radius 1 is 1.31 bits per heavy atom. The average Bonchev–Trinajstić information content (AvgIpc) is 2.61. The lowest BCUT2D eigenvalue weighted by molar-refractivity contribution is 0.358. The number of nitrogens with one attached hydrogen (secondary N) is 1. The van der Waals surface area contributed by atoms with E-state index in [1.807, 2.05) is 5.51 Å². The highest BCUT2D eigenvalue weighted by molar-refractivity contribution is 7.07. The summed E-state index contributed by atoms with van der Waals surface area (Å²) in [5, 5.41) is 5.52. The first-order valence-electron chi connectivity index (χ1n) is 5.66. The third-order valence-corrected chi connectivity index (χ3v) is 2.96. The number of rotatable bonds is 6. The highest BCUT2D eigenvalue weighted by Crippen LogP contribution is 2.21. The van der Waals surface area contributed by atoms with E-state index in [1.54, 1.807) is 11.3 Å². The van der Waals surface area contributed by atoms with Crippen LogP contribution in [0.3, 0.4) is 0 Å². The van der Waals surface area contributed by atoms with Gasteiger partial charge >= 0.3 is 0 Å². The lowest BCUT2D eigenvalue weighted by Crippen LogP contribution is -2.15. The molecule has 0 saturated heterocycles. The van der Waals surface area contributed by atoms with Crippen molar-refractivity contribution < 1.29 is 0 Å². The van der Waals surface area contributed by atoms with Crippen molar-refractivity contribution >= 4 is 23.7 Å². The standard InChI is InChI=1S/C12H22N2S.ClH/c1-12(2,3)6-4-5-7-13-8-11-9-15-10-14-11;/h9-10,13H,4-8H2,1-3H3;1H. The molecule has 0 unspecified atom stereocenters. The van der Waals surface area contributed by atoms with Gasteiger partial charge in [0.15, 0.2) is 0 Å². The van der Waals surface area contributed by atoms with Crippen LogP contribution in [-0.4, -0.2) is 11.5 Å². The molecule has 1 aromatic heterocycles. The maximum absolute atomic E-state index is 4.23. The molecular weight excluding hydrogens is 240 g/mol. The van der Waals surface area contributed by atoms with Crippen molar-refractivity contribution in [2.24, 2.45) is 5.41 Å². The molecule has 94 valence electrons. The van der Waals surface area contributed by atoms with Crippen LogP contribution >= 0.6 is 23.7 Å². The molecule has 0 atom stereocenters. The molecule has 4 heteroatoms. The van der Waals surface area contributed by atoms with Crippen molar-refractivity contribution in [2.45, 2.75) is 46.6 Å². The molecule has 0 amide bonds. The Kier molecular flexibility index (Phi) is 7.98. The van der Waals surface area contributed by atoms with Crippen LogP contribution in [0.1, 0.15) is 45.7 Å². The predicted molar refractivity (Wildman–Crippen MR) is 74.4 cm³/mol. The van der Waals surface area contributed by atoms with Crippen LogP contribution in [0, 0.1) is 5.41 Å². The minimum atomic E-state index is 0. The fraction of sp³-hybridized carbons (Fsp3) is 0.750. The van der Waals surface area contributed by atoms with E-state index in [4.69, 9.17) is 0 Å². The first-order chi connectivity index (χ1) is 7.08. The van der Waals surface area contributed by atoms with Gasteiger partial charge in [-0.3, -0.25) is 0 Å². The minimum absolute atomic E-state index is 0. The van der Waals surface area contributed by atoms with E-state index < -0.39 is 0 Å². The van der Waals surface area contributed by atoms with Gasteiger partial charge in [-0.1, -0.05) is 27.2 Å². The van der Waals surface area contributed by atoms with Gasteiger partial charge in [0.25, 0.3) is 0 Å². The van der Waals surface area contributed by atoms with E-state index in [0.29, 0.717) is 5.41 Å². The van der Waals surface area contributed by atoms with Crippen LogP contribution in [0.4, 0.5) is 0 Å². The Morgan fingerprint density at radius 2 is 2.06 bits per heavy atom.